The van der Waals surface area contributed by atoms with Crippen LogP contribution in [0.1, 0.15) is 65.5 Å². The second-order valence-corrected chi connectivity index (χ2v) is 9.32. The van der Waals surface area contributed by atoms with Crippen molar-refractivity contribution >= 4 is 12.1 Å². The van der Waals surface area contributed by atoms with Crippen molar-refractivity contribution in [3.05, 3.63) is 35.4 Å². The standard InChI is InChI=1S/C24H35NO4/c1-9-18-12-10-13-19(16-18)17-20(21(26)28-23(2,3)4)14-11-15-25(8)22(27)29-24(5,6)7/h1,10,12-13,16,20H,11,14-15,17H2,2-8H3. The molecular weight excluding hydrogens is 366 g/mol. The highest BCUT2D eigenvalue weighted by molar-refractivity contribution is 5.73. The van der Waals surface area contributed by atoms with Crippen LogP contribution in [0.3, 0.4) is 0 Å². The predicted molar refractivity (Wildman–Crippen MR) is 116 cm³/mol. The summed E-state index contributed by atoms with van der Waals surface area (Å²) in [6.07, 6.45) is 6.92. The smallest absolute Gasteiger partial charge is 0.410 e. The first kappa shape index (κ1) is 24.6. The molecule has 5 heteroatoms. The van der Waals surface area contributed by atoms with E-state index >= 15 is 0 Å². The molecule has 0 N–H and O–H groups in total. The summed E-state index contributed by atoms with van der Waals surface area (Å²) in [5, 5.41) is 0. The number of amides is 1. The molecule has 1 amide bonds. The van der Waals surface area contributed by atoms with E-state index in [1.165, 1.54) is 4.90 Å². The molecule has 0 bridgehead atoms. The van der Waals surface area contributed by atoms with Gasteiger partial charge in [0.25, 0.3) is 0 Å². The second-order valence-electron chi connectivity index (χ2n) is 9.32. The lowest BCUT2D eigenvalue weighted by atomic mass is 9.93. The Labute approximate surface area is 175 Å². The molecule has 0 aromatic heterocycles. The van der Waals surface area contributed by atoms with Gasteiger partial charge in [-0.3, -0.25) is 4.79 Å². The van der Waals surface area contributed by atoms with Crippen LogP contribution < -0.4 is 0 Å². The highest BCUT2D eigenvalue weighted by atomic mass is 16.6. The fourth-order valence-corrected chi connectivity index (χ4v) is 2.77. The maximum Gasteiger partial charge on any atom is 0.410 e. The lowest BCUT2D eigenvalue weighted by molar-refractivity contribution is -0.160. The Morgan fingerprint density at radius 1 is 1.10 bits per heavy atom. The monoisotopic (exact) mass is 401 g/mol. The van der Waals surface area contributed by atoms with Gasteiger partial charge in [-0.1, -0.05) is 18.1 Å². The number of carbonyl (C=O) groups is 2. The molecule has 0 aliphatic heterocycles. The van der Waals surface area contributed by atoms with E-state index in [0.29, 0.717) is 25.8 Å². The third kappa shape index (κ3) is 10.0. The molecule has 0 fully saturated rings. The number of hydrogen-bond acceptors (Lipinski definition) is 4. The Morgan fingerprint density at radius 2 is 1.72 bits per heavy atom. The number of benzene rings is 1. The molecule has 0 aliphatic carbocycles. The SMILES string of the molecule is C#Cc1cccc(CC(CCCN(C)C(=O)OC(C)(C)C)C(=O)OC(C)(C)C)c1. The van der Waals surface area contributed by atoms with Crippen LogP contribution in [0.25, 0.3) is 0 Å². The summed E-state index contributed by atoms with van der Waals surface area (Å²) in [7, 11) is 1.70. The lowest BCUT2D eigenvalue weighted by Gasteiger charge is -2.26. The van der Waals surface area contributed by atoms with Gasteiger partial charge in [-0.15, -0.1) is 6.42 Å². The average molecular weight is 402 g/mol. The number of nitrogens with zero attached hydrogens (tertiary/aromatic N) is 1. The largest absolute Gasteiger partial charge is 0.460 e. The minimum Gasteiger partial charge on any atom is -0.460 e. The predicted octanol–water partition coefficient (Wildman–Crippen LogP) is 4.82. The zero-order valence-electron chi connectivity index (χ0n) is 18.9. The lowest BCUT2D eigenvalue weighted by Crippen LogP contribution is -2.35. The number of hydrogen-bond donors (Lipinski definition) is 0. The van der Waals surface area contributed by atoms with Crippen molar-refractivity contribution in [2.45, 2.75) is 72.0 Å². The van der Waals surface area contributed by atoms with Gasteiger partial charge < -0.3 is 14.4 Å². The van der Waals surface area contributed by atoms with Gasteiger partial charge >= 0.3 is 12.1 Å². The summed E-state index contributed by atoms with van der Waals surface area (Å²) in [5.41, 5.74) is 0.697. The van der Waals surface area contributed by atoms with Crippen LogP contribution in [0.2, 0.25) is 0 Å². The summed E-state index contributed by atoms with van der Waals surface area (Å²) in [6.45, 7) is 11.6. The molecule has 0 heterocycles. The number of ether oxygens (including phenoxy) is 2. The molecule has 1 unspecified atom stereocenters. The van der Waals surface area contributed by atoms with E-state index in [4.69, 9.17) is 15.9 Å². The van der Waals surface area contributed by atoms with E-state index in [1.54, 1.807) is 7.05 Å². The van der Waals surface area contributed by atoms with Gasteiger partial charge in [0.15, 0.2) is 0 Å². The molecule has 1 aromatic carbocycles. The molecule has 0 aliphatic rings. The molecule has 1 rings (SSSR count). The minimum absolute atomic E-state index is 0.233. The van der Waals surface area contributed by atoms with Gasteiger partial charge in [-0.2, -0.15) is 0 Å². The molecule has 1 aromatic rings. The van der Waals surface area contributed by atoms with Crippen molar-refractivity contribution in [3.63, 3.8) is 0 Å². The summed E-state index contributed by atoms with van der Waals surface area (Å²) >= 11 is 0. The highest BCUT2D eigenvalue weighted by Crippen LogP contribution is 2.21. The highest BCUT2D eigenvalue weighted by Gasteiger charge is 2.26. The molecule has 5 nitrogen and oxygen atoms in total. The maximum atomic E-state index is 12.7. The van der Waals surface area contributed by atoms with Crippen molar-refractivity contribution in [2.75, 3.05) is 13.6 Å². The molecule has 29 heavy (non-hydrogen) atoms. The van der Waals surface area contributed by atoms with Gasteiger partial charge in [-0.05, 0) is 78.5 Å². The minimum atomic E-state index is -0.552. The Bertz CT molecular complexity index is 734. The van der Waals surface area contributed by atoms with Gasteiger partial charge in [-0.25, -0.2) is 4.79 Å². The van der Waals surface area contributed by atoms with Crippen LogP contribution >= 0.6 is 0 Å². The Morgan fingerprint density at radius 3 is 2.28 bits per heavy atom. The molecule has 0 saturated heterocycles. The molecule has 0 spiro atoms. The van der Waals surface area contributed by atoms with Crippen LogP contribution in [0.4, 0.5) is 4.79 Å². The third-order valence-corrected chi connectivity index (χ3v) is 4.07. The van der Waals surface area contributed by atoms with E-state index < -0.39 is 11.2 Å². The quantitative estimate of drug-likeness (QED) is 0.486. The van der Waals surface area contributed by atoms with Crippen molar-refractivity contribution < 1.29 is 19.1 Å². The number of carbonyl (C=O) groups excluding carboxylic acids is 2. The number of rotatable bonds is 7. The van der Waals surface area contributed by atoms with Gasteiger partial charge in [0, 0.05) is 19.2 Å². The Balaban J connectivity index is 2.77. The number of esters is 1. The Hall–Kier alpha value is -2.48. The van der Waals surface area contributed by atoms with E-state index in [9.17, 15) is 9.59 Å². The van der Waals surface area contributed by atoms with Crippen molar-refractivity contribution in [2.24, 2.45) is 5.92 Å². The van der Waals surface area contributed by atoms with Crippen LogP contribution in [0, 0.1) is 18.3 Å². The van der Waals surface area contributed by atoms with Gasteiger partial charge in [0.1, 0.15) is 11.2 Å². The van der Waals surface area contributed by atoms with E-state index in [1.807, 2.05) is 65.8 Å². The van der Waals surface area contributed by atoms with Crippen molar-refractivity contribution in [3.8, 4) is 12.3 Å². The average Bonchev–Trinajstić information content (AvgIpc) is 2.57. The number of terminal acetylenes is 1. The first-order valence-corrected chi connectivity index (χ1v) is 10.0. The first-order chi connectivity index (χ1) is 13.3. The van der Waals surface area contributed by atoms with Crippen LogP contribution in [-0.2, 0) is 20.7 Å². The molecule has 0 saturated carbocycles. The fourth-order valence-electron chi connectivity index (χ4n) is 2.77. The van der Waals surface area contributed by atoms with Gasteiger partial charge in [0.2, 0.25) is 0 Å². The summed E-state index contributed by atoms with van der Waals surface area (Å²) in [4.78, 5) is 26.4. The summed E-state index contributed by atoms with van der Waals surface area (Å²) in [6, 6.07) is 7.64. The first-order valence-electron chi connectivity index (χ1n) is 10.0. The summed E-state index contributed by atoms with van der Waals surface area (Å²) in [5.74, 6) is 2.08. The van der Waals surface area contributed by atoms with E-state index in [0.717, 1.165) is 11.1 Å². The van der Waals surface area contributed by atoms with E-state index in [2.05, 4.69) is 5.92 Å². The van der Waals surface area contributed by atoms with E-state index in [-0.39, 0.29) is 18.0 Å². The van der Waals surface area contributed by atoms with Crippen molar-refractivity contribution in [1.82, 2.24) is 4.90 Å². The second kappa shape index (κ2) is 10.3. The molecule has 160 valence electrons. The van der Waals surface area contributed by atoms with Crippen LogP contribution in [0.5, 0.6) is 0 Å². The van der Waals surface area contributed by atoms with Gasteiger partial charge in [0.05, 0.1) is 5.92 Å². The third-order valence-electron chi connectivity index (χ3n) is 4.07. The normalized spacial score (nSPS) is 12.6. The zero-order chi connectivity index (χ0) is 22.2. The van der Waals surface area contributed by atoms with Crippen molar-refractivity contribution in [1.29, 1.82) is 0 Å². The van der Waals surface area contributed by atoms with Crippen LogP contribution in [-0.4, -0.2) is 41.8 Å². The molecule has 1 atom stereocenters. The molecule has 0 radical (unpaired) electrons. The molecular formula is C24H35NO4. The fraction of sp³-hybridized carbons (Fsp3) is 0.583. The van der Waals surface area contributed by atoms with Crippen LogP contribution in [0.15, 0.2) is 24.3 Å². The summed E-state index contributed by atoms with van der Waals surface area (Å²) < 4.78 is 11.0. The maximum absolute atomic E-state index is 12.7. The Kier molecular flexibility index (Phi) is 8.76. The topological polar surface area (TPSA) is 55.8 Å². The zero-order valence-corrected chi connectivity index (χ0v) is 18.9.